The molecule has 3 rings (SSSR count). The summed E-state index contributed by atoms with van der Waals surface area (Å²) in [4.78, 5) is 15.3. The highest BCUT2D eigenvalue weighted by Crippen LogP contribution is 2.26. The molecule has 0 fully saturated rings. The Labute approximate surface area is 116 Å². The van der Waals surface area contributed by atoms with Gasteiger partial charge in [0, 0.05) is 11.8 Å². The molecule has 0 aliphatic heterocycles. The summed E-state index contributed by atoms with van der Waals surface area (Å²) >= 11 is 0. The zero-order valence-corrected chi connectivity index (χ0v) is 10.3. The molecule has 0 saturated heterocycles. The first-order chi connectivity index (χ1) is 9.99. The van der Waals surface area contributed by atoms with Crippen LogP contribution in [0.5, 0.6) is 0 Å². The Bertz CT molecular complexity index is 874. The standard InChI is InChI=1S/C14H7F3N2O2/c15-8-4-3-7(6-10(8)17)11-12(14(20)21)19-5-1-2-9(16)13(19)18-11/h1-6H,(H,20,21). The largest absolute Gasteiger partial charge is 0.476 e. The smallest absolute Gasteiger partial charge is 0.355 e. The highest BCUT2D eigenvalue weighted by atomic mass is 19.2. The number of carbonyl (C=O) groups is 1. The maximum atomic E-state index is 13.7. The average Bonchev–Trinajstić information content (AvgIpc) is 2.83. The number of rotatable bonds is 2. The molecule has 0 radical (unpaired) electrons. The normalized spacial score (nSPS) is 11.0. The second kappa shape index (κ2) is 4.62. The number of pyridine rings is 1. The molecule has 0 bridgehead atoms. The Kier molecular flexibility index (Phi) is 2.90. The number of imidazole rings is 1. The molecule has 0 aliphatic rings. The molecule has 0 aliphatic carbocycles. The molecule has 0 atom stereocenters. The van der Waals surface area contributed by atoms with E-state index in [0.717, 1.165) is 22.6 Å². The van der Waals surface area contributed by atoms with Crippen LogP contribution >= 0.6 is 0 Å². The second-order valence-corrected chi connectivity index (χ2v) is 4.29. The average molecular weight is 292 g/mol. The van der Waals surface area contributed by atoms with E-state index in [1.165, 1.54) is 18.3 Å². The predicted octanol–water partition coefficient (Wildman–Crippen LogP) is 3.12. The number of halogens is 3. The Hall–Kier alpha value is -2.83. The Balaban J connectivity index is 2.36. The third kappa shape index (κ3) is 2.03. The van der Waals surface area contributed by atoms with Gasteiger partial charge < -0.3 is 5.11 Å². The van der Waals surface area contributed by atoms with Crippen LogP contribution in [0.3, 0.4) is 0 Å². The number of carboxylic acid groups (broad SMARTS) is 1. The minimum atomic E-state index is -1.35. The molecule has 21 heavy (non-hydrogen) atoms. The zero-order chi connectivity index (χ0) is 15.1. The van der Waals surface area contributed by atoms with Crippen LogP contribution in [0.25, 0.3) is 16.9 Å². The van der Waals surface area contributed by atoms with Crippen molar-refractivity contribution in [2.45, 2.75) is 0 Å². The van der Waals surface area contributed by atoms with Crippen molar-refractivity contribution in [3.05, 3.63) is 59.7 Å². The predicted molar refractivity (Wildman–Crippen MR) is 67.5 cm³/mol. The highest BCUT2D eigenvalue weighted by Gasteiger charge is 2.22. The lowest BCUT2D eigenvalue weighted by Gasteiger charge is -2.01. The lowest BCUT2D eigenvalue weighted by atomic mass is 10.1. The molecule has 106 valence electrons. The summed E-state index contributed by atoms with van der Waals surface area (Å²) in [5.41, 5.74) is -0.606. The lowest BCUT2D eigenvalue weighted by Crippen LogP contribution is -2.04. The molecule has 2 aromatic heterocycles. The fraction of sp³-hybridized carbons (Fsp3) is 0. The number of aromatic carboxylic acids is 1. The topological polar surface area (TPSA) is 54.6 Å². The molecule has 2 heterocycles. The van der Waals surface area contributed by atoms with Gasteiger partial charge in [-0.3, -0.25) is 4.40 Å². The first kappa shape index (κ1) is 13.2. The molecule has 0 unspecified atom stereocenters. The van der Waals surface area contributed by atoms with Gasteiger partial charge in [-0.15, -0.1) is 0 Å². The molecule has 0 spiro atoms. The van der Waals surface area contributed by atoms with Gasteiger partial charge >= 0.3 is 5.97 Å². The van der Waals surface area contributed by atoms with Crippen molar-refractivity contribution >= 4 is 11.6 Å². The number of carboxylic acids is 1. The van der Waals surface area contributed by atoms with Crippen molar-refractivity contribution in [3.8, 4) is 11.3 Å². The van der Waals surface area contributed by atoms with E-state index in [4.69, 9.17) is 0 Å². The SMILES string of the molecule is O=C(O)c1c(-c2ccc(F)c(F)c2)nc2c(F)cccn12. The summed E-state index contributed by atoms with van der Waals surface area (Å²) in [5.74, 6) is -4.27. The molecule has 1 aromatic carbocycles. The van der Waals surface area contributed by atoms with Crippen LogP contribution in [0.15, 0.2) is 36.5 Å². The van der Waals surface area contributed by atoms with Gasteiger partial charge in [0.05, 0.1) is 0 Å². The van der Waals surface area contributed by atoms with Crippen molar-refractivity contribution in [2.75, 3.05) is 0 Å². The first-order valence-electron chi connectivity index (χ1n) is 5.84. The Morgan fingerprint density at radius 2 is 1.86 bits per heavy atom. The van der Waals surface area contributed by atoms with Gasteiger partial charge in [0.2, 0.25) is 0 Å². The number of hydrogen-bond acceptors (Lipinski definition) is 2. The van der Waals surface area contributed by atoms with Crippen LogP contribution in [0.2, 0.25) is 0 Å². The molecule has 3 aromatic rings. The van der Waals surface area contributed by atoms with Crippen molar-refractivity contribution in [1.82, 2.24) is 9.38 Å². The zero-order valence-electron chi connectivity index (χ0n) is 10.3. The highest BCUT2D eigenvalue weighted by molar-refractivity contribution is 5.94. The van der Waals surface area contributed by atoms with Crippen LogP contribution in [-0.4, -0.2) is 20.5 Å². The van der Waals surface area contributed by atoms with Crippen LogP contribution in [-0.2, 0) is 0 Å². The third-order valence-corrected chi connectivity index (χ3v) is 3.00. The Morgan fingerprint density at radius 3 is 2.52 bits per heavy atom. The summed E-state index contributed by atoms with van der Waals surface area (Å²) in [5, 5.41) is 9.28. The summed E-state index contributed by atoms with van der Waals surface area (Å²) in [7, 11) is 0. The van der Waals surface area contributed by atoms with Gasteiger partial charge in [-0.05, 0) is 30.3 Å². The van der Waals surface area contributed by atoms with Crippen LogP contribution < -0.4 is 0 Å². The van der Waals surface area contributed by atoms with E-state index in [2.05, 4.69) is 4.98 Å². The molecular formula is C14H7F3N2O2. The van der Waals surface area contributed by atoms with Gasteiger partial charge in [-0.1, -0.05) is 0 Å². The number of aromatic nitrogens is 2. The van der Waals surface area contributed by atoms with Crippen LogP contribution in [0, 0.1) is 17.5 Å². The van der Waals surface area contributed by atoms with E-state index in [1.54, 1.807) is 0 Å². The molecular weight excluding hydrogens is 285 g/mol. The van der Waals surface area contributed by atoms with Gasteiger partial charge in [-0.25, -0.2) is 22.9 Å². The van der Waals surface area contributed by atoms with E-state index in [0.29, 0.717) is 0 Å². The maximum Gasteiger partial charge on any atom is 0.355 e. The third-order valence-electron chi connectivity index (χ3n) is 3.00. The fourth-order valence-corrected chi connectivity index (χ4v) is 2.08. The van der Waals surface area contributed by atoms with Crippen molar-refractivity contribution in [3.63, 3.8) is 0 Å². The summed E-state index contributed by atoms with van der Waals surface area (Å²) < 4.78 is 41.0. The van der Waals surface area contributed by atoms with E-state index < -0.39 is 23.4 Å². The summed E-state index contributed by atoms with van der Waals surface area (Å²) in [6, 6.07) is 5.32. The molecule has 7 heteroatoms. The number of hydrogen-bond donors (Lipinski definition) is 1. The maximum absolute atomic E-state index is 13.7. The monoisotopic (exact) mass is 292 g/mol. The summed E-state index contributed by atoms with van der Waals surface area (Å²) in [6.45, 7) is 0. The summed E-state index contributed by atoms with van der Waals surface area (Å²) in [6.07, 6.45) is 1.33. The van der Waals surface area contributed by atoms with E-state index in [-0.39, 0.29) is 22.6 Å². The van der Waals surface area contributed by atoms with Gasteiger partial charge in [0.1, 0.15) is 5.69 Å². The second-order valence-electron chi connectivity index (χ2n) is 4.29. The molecule has 4 nitrogen and oxygen atoms in total. The minimum Gasteiger partial charge on any atom is -0.476 e. The minimum absolute atomic E-state index is 0.0504. The number of benzene rings is 1. The van der Waals surface area contributed by atoms with E-state index in [1.807, 2.05) is 0 Å². The van der Waals surface area contributed by atoms with Gasteiger partial charge in [0.25, 0.3) is 0 Å². The first-order valence-corrected chi connectivity index (χ1v) is 5.84. The fourth-order valence-electron chi connectivity index (χ4n) is 2.08. The van der Waals surface area contributed by atoms with E-state index >= 15 is 0 Å². The lowest BCUT2D eigenvalue weighted by molar-refractivity contribution is 0.0690. The van der Waals surface area contributed by atoms with Crippen LogP contribution in [0.1, 0.15) is 10.5 Å². The van der Waals surface area contributed by atoms with Gasteiger partial charge in [0.15, 0.2) is 28.8 Å². The van der Waals surface area contributed by atoms with Crippen molar-refractivity contribution in [1.29, 1.82) is 0 Å². The Morgan fingerprint density at radius 1 is 1.10 bits per heavy atom. The number of fused-ring (bicyclic) bond motifs is 1. The van der Waals surface area contributed by atoms with Crippen molar-refractivity contribution < 1.29 is 23.1 Å². The van der Waals surface area contributed by atoms with Gasteiger partial charge in [-0.2, -0.15) is 0 Å². The van der Waals surface area contributed by atoms with Crippen molar-refractivity contribution in [2.24, 2.45) is 0 Å². The van der Waals surface area contributed by atoms with Crippen LogP contribution in [0.4, 0.5) is 13.2 Å². The quantitative estimate of drug-likeness (QED) is 0.789. The molecule has 0 saturated carbocycles. The molecule has 1 N–H and O–H groups in total. The molecule has 0 amide bonds. The number of nitrogens with zero attached hydrogens (tertiary/aromatic N) is 2. The van der Waals surface area contributed by atoms with E-state index in [9.17, 15) is 23.1 Å².